The molecule has 0 spiro atoms. The van der Waals surface area contributed by atoms with Crippen LogP contribution in [-0.2, 0) is 6.42 Å². The predicted octanol–water partition coefficient (Wildman–Crippen LogP) is 4.54. The van der Waals surface area contributed by atoms with Crippen molar-refractivity contribution in [3.05, 3.63) is 59.1 Å². The first-order valence-electron chi connectivity index (χ1n) is 9.70. The van der Waals surface area contributed by atoms with E-state index in [-0.39, 0.29) is 5.91 Å². The van der Waals surface area contributed by atoms with Gasteiger partial charge in [-0.1, -0.05) is 6.07 Å². The number of methoxy groups -OCH3 is 2. The number of hydrogen-bond donors (Lipinski definition) is 0. The number of ether oxygens (including phenoxy) is 3. The van der Waals surface area contributed by atoms with Crippen LogP contribution in [0.4, 0.5) is 0 Å². The molecule has 0 aliphatic heterocycles. The lowest BCUT2D eigenvalue weighted by Crippen LogP contribution is -2.29. The van der Waals surface area contributed by atoms with Crippen molar-refractivity contribution in [2.45, 2.75) is 13.3 Å². The second-order valence-electron chi connectivity index (χ2n) is 6.66. The Bertz CT molecular complexity index is 985. The third kappa shape index (κ3) is 5.10. The first-order valence-corrected chi connectivity index (χ1v) is 10.6. The number of benzene rings is 2. The molecule has 1 heterocycles. The van der Waals surface area contributed by atoms with E-state index in [2.05, 4.69) is 4.98 Å². The lowest BCUT2D eigenvalue weighted by molar-refractivity contribution is 0.0791. The van der Waals surface area contributed by atoms with Crippen molar-refractivity contribution in [1.82, 2.24) is 9.88 Å². The molecule has 1 aromatic heterocycles. The summed E-state index contributed by atoms with van der Waals surface area (Å²) in [4.78, 5) is 19.0. The molecule has 0 atom stereocenters. The third-order valence-electron chi connectivity index (χ3n) is 4.67. The van der Waals surface area contributed by atoms with Crippen molar-refractivity contribution in [3.63, 3.8) is 0 Å². The molecule has 0 aliphatic carbocycles. The van der Waals surface area contributed by atoms with Gasteiger partial charge in [-0.3, -0.25) is 4.79 Å². The number of carbonyl (C=O) groups is 1. The Kier molecular flexibility index (Phi) is 7.30. The van der Waals surface area contributed by atoms with Crippen molar-refractivity contribution in [3.8, 4) is 27.8 Å². The normalized spacial score (nSPS) is 10.5. The molecule has 1 amide bonds. The summed E-state index contributed by atoms with van der Waals surface area (Å²) in [6.45, 7) is 3.16. The molecule has 158 valence electrons. The molecule has 6 nitrogen and oxygen atoms in total. The van der Waals surface area contributed by atoms with Gasteiger partial charge in [0, 0.05) is 24.5 Å². The van der Waals surface area contributed by atoms with Crippen LogP contribution in [0, 0.1) is 0 Å². The van der Waals surface area contributed by atoms with E-state index in [1.165, 1.54) is 11.3 Å². The second-order valence-corrected chi connectivity index (χ2v) is 7.52. The van der Waals surface area contributed by atoms with Crippen molar-refractivity contribution >= 4 is 17.2 Å². The van der Waals surface area contributed by atoms with Crippen molar-refractivity contribution in [2.75, 3.05) is 34.4 Å². The van der Waals surface area contributed by atoms with Crippen LogP contribution in [0.5, 0.6) is 17.2 Å². The molecule has 2 aromatic carbocycles. The molecule has 0 unspecified atom stereocenters. The molecule has 3 aromatic rings. The fourth-order valence-corrected chi connectivity index (χ4v) is 3.79. The Labute approximate surface area is 181 Å². The average molecular weight is 427 g/mol. The van der Waals surface area contributed by atoms with Crippen LogP contribution in [0.1, 0.15) is 23.0 Å². The van der Waals surface area contributed by atoms with Gasteiger partial charge in [0.05, 0.1) is 20.8 Å². The molecule has 30 heavy (non-hydrogen) atoms. The maximum absolute atomic E-state index is 12.8. The molecular weight excluding hydrogens is 400 g/mol. The Morgan fingerprint density at radius 3 is 2.47 bits per heavy atom. The third-order valence-corrected chi connectivity index (χ3v) is 5.56. The van der Waals surface area contributed by atoms with Crippen LogP contribution in [0.2, 0.25) is 0 Å². The van der Waals surface area contributed by atoms with Gasteiger partial charge >= 0.3 is 0 Å². The smallest absolute Gasteiger partial charge is 0.273 e. The summed E-state index contributed by atoms with van der Waals surface area (Å²) < 4.78 is 16.1. The van der Waals surface area contributed by atoms with Gasteiger partial charge in [-0.2, -0.15) is 0 Å². The average Bonchev–Trinajstić information content (AvgIpc) is 3.27. The zero-order valence-corrected chi connectivity index (χ0v) is 18.5. The molecule has 7 heteroatoms. The highest BCUT2D eigenvalue weighted by Crippen LogP contribution is 2.28. The fourth-order valence-electron chi connectivity index (χ4n) is 2.99. The standard InChI is InChI=1S/C23H26N2O4S/c1-5-29-18-9-7-17(8-10-18)22-24-19(15-30-22)23(26)25(2)13-12-16-6-11-20(27-3)21(14-16)28-4/h6-11,14-15H,5,12-13H2,1-4H3. The number of rotatable bonds is 9. The highest BCUT2D eigenvalue weighted by molar-refractivity contribution is 7.13. The van der Waals surface area contributed by atoms with E-state index >= 15 is 0 Å². The zero-order chi connectivity index (χ0) is 21.5. The SMILES string of the molecule is CCOc1ccc(-c2nc(C(=O)N(C)CCc3ccc(OC)c(OC)c3)cs2)cc1. The van der Waals surface area contributed by atoms with Gasteiger partial charge in [0.2, 0.25) is 0 Å². The van der Waals surface area contributed by atoms with Gasteiger partial charge in [0.15, 0.2) is 11.5 Å². The maximum Gasteiger partial charge on any atom is 0.273 e. The molecular formula is C23H26N2O4S. The number of carbonyl (C=O) groups excluding carboxylic acids is 1. The van der Waals surface area contributed by atoms with Crippen molar-refractivity contribution < 1.29 is 19.0 Å². The highest BCUT2D eigenvalue weighted by atomic mass is 32.1. The summed E-state index contributed by atoms with van der Waals surface area (Å²) in [5, 5.41) is 2.62. The topological polar surface area (TPSA) is 60.9 Å². The van der Waals surface area contributed by atoms with E-state index in [0.29, 0.717) is 36.8 Å². The van der Waals surface area contributed by atoms with Gasteiger partial charge in [-0.05, 0) is 55.3 Å². The van der Waals surface area contributed by atoms with Gasteiger partial charge < -0.3 is 19.1 Å². The van der Waals surface area contributed by atoms with Gasteiger partial charge in [0.1, 0.15) is 16.5 Å². The van der Waals surface area contributed by atoms with Gasteiger partial charge in [-0.15, -0.1) is 11.3 Å². The minimum atomic E-state index is -0.0936. The summed E-state index contributed by atoms with van der Waals surface area (Å²) in [6, 6.07) is 13.5. The van der Waals surface area contributed by atoms with E-state index < -0.39 is 0 Å². The summed E-state index contributed by atoms with van der Waals surface area (Å²) >= 11 is 1.46. The Balaban J connectivity index is 1.62. The summed E-state index contributed by atoms with van der Waals surface area (Å²) in [7, 11) is 5.01. The molecule has 0 fully saturated rings. The molecule has 0 bridgehead atoms. The monoisotopic (exact) mass is 426 g/mol. The number of amides is 1. The highest BCUT2D eigenvalue weighted by Gasteiger charge is 2.16. The molecule has 3 rings (SSSR count). The van der Waals surface area contributed by atoms with Gasteiger partial charge in [-0.25, -0.2) is 4.98 Å². The van der Waals surface area contributed by atoms with E-state index in [9.17, 15) is 4.79 Å². The summed E-state index contributed by atoms with van der Waals surface area (Å²) in [6.07, 6.45) is 0.707. The molecule has 0 aliphatic rings. The van der Waals surface area contributed by atoms with Crippen molar-refractivity contribution in [2.24, 2.45) is 0 Å². The van der Waals surface area contributed by atoms with E-state index in [0.717, 1.165) is 21.9 Å². The lowest BCUT2D eigenvalue weighted by atomic mass is 10.1. The van der Waals surface area contributed by atoms with Crippen LogP contribution in [-0.4, -0.2) is 50.2 Å². The van der Waals surface area contributed by atoms with Crippen LogP contribution in [0.15, 0.2) is 47.8 Å². The first kappa shape index (κ1) is 21.6. The van der Waals surface area contributed by atoms with Crippen LogP contribution in [0.25, 0.3) is 10.6 Å². The predicted molar refractivity (Wildman–Crippen MR) is 119 cm³/mol. The molecule has 0 N–H and O–H groups in total. The molecule has 0 saturated heterocycles. The van der Waals surface area contributed by atoms with E-state index in [1.54, 1.807) is 31.5 Å². The Morgan fingerprint density at radius 2 is 1.80 bits per heavy atom. The van der Waals surface area contributed by atoms with E-state index in [1.807, 2.05) is 49.4 Å². The minimum absolute atomic E-state index is 0.0936. The van der Waals surface area contributed by atoms with Crippen LogP contribution in [0.3, 0.4) is 0 Å². The minimum Gasteiger partial charge on any atom is -0.494 e. The van der Waals surface area contributed by atoms with Crippen LogP contribution >= 0.6 is 11.3 Å². The summed E-state index contributed by atoms with van der Waals surface area (Å²) in [5.41, 5.74) is 2.50. The largest absolute Gasteiger partial charge is 0.494 e. The Morgan fingerprint density at radius 1 is 1.07 bits per heavy atom. The lowest BCUT2D eigenvalue weighted by Gasteiger charge is -2.16. The fraction of sp³-hybridized carbons (Fsp3) is 0.304. The number of likely N-dealkylation sites (N-methyl/N-ethyl adjacent to an activating group) is 1. The number of hydrogen-bond acceptors (Lipinski definition) is 6. The maximum atomic E-state index is 12.8. The molecule has 0 saturated carbocycles. The van der Waals surface area contributed by atoms with E-state index in [4.69, 9.17) is 14.2 Å². The molecule has 0 radical (unpaired) electrons. The number of nitrogens with zero attached hydrogens (tertiary/aromatic N) is 2. The summed E-state index contributed by atoms with van der Waals surface area (Å²) in [5.74, 6) is 2.10. The quantitative estimate of drug-likeness (QED) is 0.503. The van der Waals surface area contributed by atoms with Gasteiger partial charge in [0.25, 0.3) is 5.91 Å². The van der Waals surface area contributed by atoms with Crippen LogP contribution < -0.4 is 14.2 Å². The zero-order valence-electron chi connectivity index (χ0n) is 17.7. The first-order chi connectivity index (χ1) is 14.5. The number of aromatic nitrogens is 1. The van der Waals surface area contributed by atoms with Crippen molar-refractivity contribution in [1.29, 1.82) is 0 Å². The second kappa shape index (κ2) is 10.1. The Hall–Kier alpha value is -3.06. The number of thiazole rings is 1.